The standard InChI is InChI=1S/C26H27N3O4S/c30-26(28-14-12-24(18-28)33-19-23-9-3-4-13-27-23)21-8-5-10-25(16-21)34(31,32)29-15-11-20-6-1-2-7-22(20)17-29/h1-10,13,16,24H,11-12,14-15,17-19H2. The number of hydrogen-bond acceptors (Lipinski definition) is 5. The molecular formula is C26H27N3O4S. The number of rotatable bonds is 6. The summed E-state index contributed by atoms with van der Waals surface area (Å²) in [6.45, 7) is 2.23. The van der Waals surface area contributed by atoms with E-state index in [1.165, 1.54) is 15.9 Å². The third-order valence-corrected chi connectivity index (χ3v) is 8.28. The van der Waals surface area contributed by atoms with Crippen LogP contribution in [0.2, 0.25) is 0 Å². The molecule has 176 valence electrons. The number of nitrogens with zero attached hydrogens (tertiary/aromatic N) is 3. The molecular weight excluding hydrogens is 450 g/mol. The first-order valence-corrected chi connectivity index (χ1v) is 12.9. The topological polar surface area (TPSA) is 79.8 Å². The van der Waals surface area contributed by atoms with Gasteiger partial charge in [-0.25, -0.2) is 8.42 Å². The smallest absolute Gasteiger partial charge is 0.253 e. The van der Waals surface area contributed by atoms with Crippen molar-refractivity contribution in [2.24, 2.45) is 0 Å². The van der Waals surface area contributed by atoms with Crippen molar-refractivity contribution in [1.29, 1.82) is 0 Å². The fourth-order valence-corrected chi connectivity index (χ4v) is 6.00. The molecule has 7 nitrogen and oxygen atoms in total. The highest BCUT2D eigenvalue weighted by Crippen LogP contribution is 2.26. The molecule has 1 saturated heterocycles. The van der Waals surface area contributed by atoms with E-state index in [9.17, 15) is 13.2 Å². The highest BCUT2D eigenvalue weighted by atomic mass is 32.2. The van der Waals surface area contributed by atoms with Crippen LogP contribution >= 0.6 is 0 Å². The lowest BCUT2D eigenvalue weighted by molar-refractivity contribution is 0.0422. The zero-order valence-corrected chi connectivity index (χ0v) is 19.7. The number of hydrogen-bond donors (Lipinski definition) is 0. The largest absolute Gasteiger partial charge is 0.370 e. The van der Waals surface area contributed by atoms with Crippen molar-refractivity contribution >= 4 is 15.9 Å². The summed E-state index contributed by atoms with van der Waals surface area (Å²) in [5, 5.41) is 0. The third kappa shape index (κ3) is 4.75. The molecule has 3 aromatic rings. The molecule has 0 bridgehead atoms. The third-order valence-electron chi connectivity index (χ3n) is 6.44. The van der Waals surface area contributed by atoms with Crippen LogP contribution in [0.5, 0.6) is 0 Å². The Balaban J connectivity index is 1.25. The molecule has 2 aromatic carbocycles. The number of carbonyl (C=O) groups is 1. The van der Waals surface area contributed by atoms with Crippen LogP contribution in [0.3, 0.4) is 0 Å². The van der Waals surface area contributed by atoms with E-state index >= 15 is 0 Å². The Hall–Kier alpha value is -3.07. The van der Waals surface area contributed by atoms with Gasteiger partial charge in [0.1, 0.15) is 0 Å². The van der Waals surface area contributed by atoms with Crippen molar-refractivity contribution in [3.05, 3.63) is 95.3 Å². The lowest BCUT2D eigenvalue weighted by Gasteiger charge is -2.28. The molecule has 1 atom stereocenters. The first-order chi connectivity index (χ1) is 16.5. The minimum absolute atomic E-state index is 0.0636. The van der Waals surface area contributed by atoms with Crippen molar-refractivity contribution in [2.45, 2.75) is 37.0 Å². The Labute approximate surface area is 200 Å². The van der Waals surface area contributed by atoms with Gasteiger partial charge in [-0.3, -0.25) is 9.78 Å². The predicted molar refractivity (Wildman–Crippen MR) is 128 cm³/mol. The number of carbonyl (C=O) groups excluding carboxylic acids is 1. The van der Waals surface area contributed by atoms with Gasteiger partial charge in [0.05, 0.1) is 23.3 Å². The summed E-state index contributed by atoms with van der Waals surface area (Å²) in [6, 6.07) is 20.0. The van der Waals surface area contributed by atoms with Gasteiger partial charge in [-0.2, -0.15) is 4.31 Å². The fraction of sp³-hybridized carbons (Fsp3) is 0.308. The molecule has 0 spiro atoms. The zero-order chi connectivity index (χ0) is 23.5. The molecule has 2 aliphatic rings. The van der Waals surface area contributed by atoms with Crippen LogP contribution in [0, 0.1) is 0 Å². The molecule has 34 heavy (non-hydrogen) atoms. The molecule has 1 aromatic heterocycles. The summed E-state index contributed by atoms with van der Waals surface area (Å²) >= 11 is 0. The van der Waals surface area contributed by atoms with Crippen LogP contribution in [0.15, 0.2) is 77.8 Å². The number of likely N-dealkylation sites (tertiary alicyclic amines) is 1. The van der Waals surface area contributed by atoms with Gasteiger partial charge in [-0.1, -0.05) is 36.4 Å². The minimum atomic E-state index is -3.70. The number of ether oxygens (including phenoxy) is 1. The van der Waals surface area contributed by atoms with Gasteiger partial charge < -0.3 is 9.64 Å². The van der Waals surface area contributed by atoms with Crippen molar-refractivity contribution in [3.8, 4) is 0 Å². The molecule has 8 heteroatoms. The molecule has 0 aliphatic carbocycles. The number of pyridine rings is 1. The van der Waals surface area contributed by atoms with E-state index in [2.05, 4.69) is 4.98 Å². The number of sulfonamides is 1. The molecule has 1 amide bonds. The van der Waals surface area contributed by atoms with Crippen LogP contribution in [0.4, 0.5) is 0 Å². The minimum Gasteiger partial charge on any atom is -0.370 e. The van der Waals surface area contributed by atoms with E-state index < -0.39 is 10.0 Å². The fourth-order valence-electron chi connectivity index (χ4n) is 4.53. The molecule has 1 unspecified atom stereocenters. The Morgan fingerprint density at radius 3 is 2.65 bits per heavy atom. The van der Waals surface area contributed by atoms with Crippen molar-refractivity contribution in [3.63, 3.8) is 0 Å². The molecule has 0 N–H and O–H groups in total. The van der Waals surface area contributed by atoms with Gasteiger partial charge in [0.15, 0.2) is 0 Å². The lowest BCUT2D eigenvalue weighted by atomic mass is 10.0. The summed E-state index contributed by atoms with van der Waals surface area (Å²) in [6.07, 6.45) is 3.09. The van der Waals surface area contributed by atoms with Crippen molar-refractivity contribution < 1.29 is 17.9 Å². The Bertz CT molecular complexity index is 1280. The Kier molecular flexibility index (Phi) is 6.45. The second-order valence-corrected chi connectivity index (χ2v) is 10.6. The Morgan fingerprint density at radius 2 is 1.82 bits per heavy atom. The first kappa shape index (κ1) is 22.7. The average Bonchev–Trinajstić information content (AvgIpc) is 3.36. The van der Waals surface area contributed by atoms with Gasteiger partial charge in [-0.15, -0.1) is 0 Å². The normalized spacial score (nSPS) is 18.6. The summed E-state index contributed by atoms with van der Waals surface area (Å²) in [5.74, 6) is -0.176. The van der Waals surface area contributed by atoms with Gasteiger partial charge in [0.25, 0.3) is 5.91 Å². The predicted octanol–water partition coefficient (Wildman–Crippen LogP) is 3.26. The van der Waals surface area contributed by atoms with Crippen LogP contribution in [-0.2, 0) is 34.3 Å². The van der Waals surface area contributed by atoms with E-state index in [-0.39, 0.29) is 16.9 Å². The second-order valence-electron chi connectivity index (χ2n) is 8.68. The van der Waals surface area contributed by atoms with Gasteiger partial charge in [0, 0.05) is 37.9 Å². The summed E-state index contributed by atoms with van der Waals surface area (Å²) in [7, 11) is -3.70. The molecule has 2 aliphatic heterocycles. The second kappa shape index (κ2) is 9.66. The molecule has 0 saturated carbocycles. The summed E-state index contributed by atoms with van der Waals surface area (Å²) < 4.78 is 34.1. The van der Waals surface area contributed by atoms with Crippen LogP contribution in [0.25, 0.3) is 0 Å². The SMILES string of the molecule is O=C(c1cccc(S(=O)(=O)N2CCc3ccccc3C2)c1)N1CCC(OCc2ccccn2)C1. The maximum Gasteiger partial charge on any atom is 0.253 e. The summed E-state index contributed by atoms with van der Waals surface area (Å²) in [5.41, 5.74) is 3.44. The highest BCUT2D eigenvalue weighted by Gasteiger charge is 2.31. The molecule has 3 heterocycles. The highest BCUT2D eigenvalue weighted by molar-refractivity contribution is 7.89. The monoisotopic (exact) mass is 477 g/mol. The number of aromatic nitrogens is 1. The maximum absolute atomic E-state index is 13.3. The van der Waals surface area contributed by atoms with Crippen LogP contribution < -0.4 is 0 Å². The quantitative estimate of drug-likeness (QED) is 0.545. The molecule has 0 radical (unpaired) electrons. The van der Waals surface area contributed by atoms with E-state index in [1.807, 2.05) is 42.5 Å². The number of benzene rings is 2. The van der Waals surface area contributed by atoms with Crippen molar-refractivity contribution in [1.82, 2.24) is 14.2 Å². The van der Waals surface area contributed by atoms with E-state index in [0.29, 0.717) is 44.8 Å². The van der Waals surface area contributed by atoms with Gasteiger partial charge >= 0.3 is 0 Å². The van der Waals surface area contributed by atoms with Crippen LogP contribution in [0.1, 0.15) is 33.6 Å². The lowest BCUT2D eigenvalue weighted by Crippen LogP contribution is -2.36. The Morgan fingerprint density at radius 1 is 1.00 bits per heavy atom. The number of fused-ring (bicyclic) bond motifs is 1. The first-order valence-electron chi connectivity index (χ1n) is 11.5. The average molecular weight is 478 g/mol. The van der Waals surface area contributed by atoms with Gasteiger partial charge in [-0.05, 0) is 54.3 Å². The van der Waals surface area contributed by atoms with E-state index in [4.69, 9.17) is 4.74 Å². The number of amides is 1. The maximum atomic E-state index is 13.3. The zero-order valence-electron chi connectivity index (χ0n) is 18.8. The molecule has 1 fully saturated rings. The van der Waals surface area contributed by atoms with Crippen LogP contribution in [-0.4, -0.2) is 54.3 Å². The van der Waals surface area contributed by atoms with E-state index in [1.54, 1.807) is 29.3 Å². The van der Waals surface area contributed by atoms with Crippen molar-refractivity contribution in [2.75, 3.05) is 19.6 Å². The van der Waals surface area contributed by atoms with Gasteiger partial charge in [0.2, 0.25) is 10.0 Å². The summed E-state index contributed by atoms with van der Waals surface area (Å²) in [4.78, 5) is 19.3. The molecule has 5 rings (SSSR count). The van der Waals surface area contributed by atoms with E-state index in [0.717, 1.165) is 17.7 Å².